The molecule has 3 nitrogen and oxygen atoms in total. The van der Waals surface area contributed by atoms with Gasteiger partial charge in [-0.3, -0.25) is 9.00 Å². The summed E-state index contributed by atoms with van der Waals surface area (Å²) in [7, 11) is -2.00. The molecule has 0 heterocycles. The van der Waals surface area contributed by atoms with Crippen molar-refractivity contribution in [2.24, 2.45) is 0 Å². The number of aliphatic carboxylic acids is 1. The van der Waals surface area contributed by atoms with Crippen molar-refractivity contribution in [3.05, 3.63) is 29.8 Å². The van der Waals surface area contributed by atoms with Crippen LogP contribution in [0.1, 0.15) is 31.7 Å². The summed E-state index contributed by atoms with van der Waals surface area (Å²) in [6.45, 7) is 1.85. The van der Waals surface area contributed by atoms with Gasteiger partial charge < -0.3 is 5.11 Å². The van der Waals surface area contributed by atoms with E-state index < -0.39 is 33.8 Å². The monoisotopic (exact) mass is 308 g/mol. The number of alkyl halides is 3. The summed E-state index contributed by atoms with van der Waals surface area (Å²) in [5, 5.41) is 7.86. The molecule has 0 aliphatic carbocycles. The molecule has 20 heavy (non-hydrogen) atoms. The molecule has 1 N–H and O–H groups in total. The summed E-state index contributed by atoms with van der Waals surface area (Å²) in [5.74, 6) is -1.26. The van der Waals surface area contributed by atoms with Gasteiger partial charge in [0.15, 0.2) is 0 Å². The van der Waals surface area contributed by atoms with Crippen molar-refractivity contribution < 1.29 is 27.3 Å². The van der Waals surface area contributed by atoms with E-state index in [4.69, 9.17) is 5.11 Å². The average molecular weight is 308 g/mol. The zero-order chi connectivity index (χ0) is 15.3. The van der Waals surface area contributed by atoms with Gasteiger partial charge >= 0.3 is 12.1 Å². The SMILES string of the molecule is CCCCC(C(=O)O)S(=O)c1cccc(C(F)(F)F)c1. The average Bonchev–Trinajstić information content (AvgIpc) is 2.37. The van der Waals surface area contributed by atoms with E-state index in [0.717, 1.165) is 24.6 Å². The Kier molecular flexibility index (Phi) is 5.74. The van der Waals surface area contributed by atoms with Crippen LogP contribution in [0.25, 0.3) is 0 Å². The van der Waals surface area contributed by atoms with Crippen molar-refractivity contribution in [3.8, 4) is 0 Å². The highest BCUT2D eigenvalue weighted by Gasteiger charge is 2.32. The second kappa shape index (κ2) is 6.88. The molecule has 1 aromatic rings. The molecule has 0 saturated heterocycles. The lowest BCUT2D eigenvalue weighted by Crippen LogP contribution is -2.26. The molecule has 2 atom stereocenters. The van der Waals surface area contributed by atoms with Crippen molar-refractivity contribution in [1.29, 1.82) is 0 Å². The van der Waals surface area contributed by atoms with E-state index >= 15 is 0 Å². The lowest BCUT2D eigenvalue weighted by atomic mass is 10.2. The van der Waals surface area contributed by atoms with E-state index in [1.54, 1.807) is 0 Å². The van der Waals surface area contributed by atoms with Crippen molar-refractivity contribution >= 4 is 16.8 Å². The van der Waals surface area contributed by atoms with E-state index in [-0.39, 0.29) is 11.3 Å². The van der Waals surface area contributed by atoms with Crippen molar-refractivity contribution in [1.82, 2.24) is 0 Å². The number of hydrogen-bond donors (Lipinski definition) is 1. The number of unbranched alkanes of at least 4 members (excludes halogenated alkanes) is 1. The van der Waals surface area contributed by atoms with Crippen molar-refractivity contribution in [2.75, 3.05) is 0 Å². The largest absolute Gasteiger partial charge is 0.480 e. The number of benzene rings is 1. The predicted molar refractivity (Wildman–Crippen MR) is 68.8 cm³/mol. The van der Waals surface area contributed by atoms with Gasteiger partial charge in [0.2, 0.25) is 0 Å². The highest BCUT2D eigenvalue weighted by atomic mass is 32.2. The molecule has 1 aromatic carbocycles. The van der Waals surface area contributed by atoms with Crippen LogP contribution in [0.4, 0.5) is 13.2 Å². The first kappa shape index (κ1) is 16.7. The predicted octanol–water partition coefficient (Wildman–Crippen LogP) is 3.46. The Hall–Kier alpha value is -1.37. The first-order valence-electron chi connectivity index (χ1n) is 6.08. The molecule has 0 amide bonds. The highest BCUT2D eigenvalue weighted by molar-refractivity contribution is 7.86. The van der Waals surface area contributed by atoms with Gasteiger partial charge in [-0.15, -0.1) is 0 Å². The molecule has 2 unspecified atom stereocenters. The number of halogens is 3. The fraction of sp³-hybridized carbons (Fsp3) is 0.462. The van der Waals surface area contributed by atoms with E-state index in [9.17, 15) is 22.2 Å². The van der Waals surface area contributed by atoms with Gasteiger partial charge in [0.25, 0.3) is 0 Å². The molecule has 0 saturated carbocycles. The summed E-state index contributed by atoms with van der Waals surface area (Å²) >= 11 is 0. The van der Waals surface area contributed by atoms with Crippen LogP contribution < -0.4 is 0 Å². The third-order valence-corrected chi connectivity index (χ3v) is 4.42. The van der Waals surface area contributed by atoms with Gasteiger partial charge in [-0.2, -0.15) is 13.2 Å². The third kappa shape index (κ3) is 4.33. The van der Waals surface area contributed by atoms with Crippen LogP contribution in [0.15, 0.2) is 29.2 Å². The van der Waals surface area contributed by atoms with Crippen LogP contribution in [0.2, 0.25) is 0 Å². The van der Waals surface area contributed by atoms with E-state index in [2.05, 4.69) is 0 Å². The normalized spacial score (nSPS) is 14.8. The van der Waals surface area contributed by atoms with Crippen molar-refractivity contribution in [3.63, 3.8) is 0 Å². The summed E-state index contributed by atoms with van der Waals surface area (Å²) in [4.78, 5) is 11.0. The minimum absolute atomic E-state index is 0.108. The standard InChI is InChI=1S/C13H15F3O3S/c1-2-3-7-11(12(17)18)20(19)10-6-4-5-9(8-10)13(14,15)16/h4-6,8,11H,2-3,7H2,1H3,(H,17,18). The molecular weight excluding hydrogens is 293 g/mol. The first-order valence-corrected chi connectivity index (χ1v) is 7.29. The number of carboxylic acids is 1. The molecule has 112 valence electrons. The smallest absolute Gasteiger partial charge is 0.416 e. The third-order valence-electron chi connectivity index (χ3n) is 2.75. The lowest BCUT2D eigenvalue weighted by molar-refractivity contribution is -0.138. The van der Waals surface area contributed by atoms with Gasteiger partial charge in [0, 0.05) is 4.90 Å². The van der Waals surface area contributed by atoms with Gasteiger partial charge in [0.1, 0.15) is 5.25 Å². The zero-order valence-electron chi connectivity index (χ0n) is 10.8. The summed E-state index contributed by atoms with van der Waals surface area (Å²) in [5.41, 5.74) is -0.928. The minimum atomic E-state index is -4.54. The van der Waals surface area contributed by atoms with E-state index in [1.165, 1.54) is 6.07 Å². The maximum absolute atomic E-state index is 12.6. The van der Waals surface area contributed by atoms with Gasteiger partial charge in [0.05, 0.1) is 16.4 Å². The lowest BCUT2D eigenvalue weighted by Gasteiger charge is -2.13. The second-order valence-corrected chi connectivity index (χ2v) is 5.93. The van der Waals surface area contributed by atoms with Crippen LogP contribution in [-0.4, -0.2) is 20.5 Å². The Balaban J connectivity index is 3.03. The molecule has 0 spiro atoms. The van der Waals surface area contributed by atoms with Crippen LogP contribution >= 0.6 is 0 Å². The molecule has 1 rings (SSSR count). The topological polar surface area (TPSA) is 54.4 Å². The molecule has 0 fully saturated rings. The molecule has 7 heteroatoms. The van der Waals surface area contributed by atoms with E-state index in [1.807, 2.05) is 6.92 Å². The number of carbonyl (C=O) groups is 1. The molecule has 0 aliphatic rings. The quantitative estimate of drug-likeness (QED) is 0.875. The molecule has 0 aromatic heterocycles. The number of carboxylic acid groups (broad SMARTS) is 1. The Bertz CT molecular complexity index is 500. The van der Waals surface area contributed by atoms with Crippen molar-refractivity contribution in [2.45, 2.75) is 42.5 Å². The highest BCUT2D eigenvalue weighted by Crippen LogP contribution is 2.30. The van der Waals surface area contributed by atoms with Crippen LogP contribution in [0, 0.1) is 0 Å². The zero-order valence-corrected chi connectivity index (χ0v) is 11.6. The maximum atomic E-state index is 12.6. The summed E-state index contributed by atoms with van der Waals surface area (Å²) in [6, 6.07) is 4.00. The Morgan fingerprint density at radius 1 is 1.40 bits per heavy atom. The van der Waals surface area contributed by atoms with Gasteiger partial charge in [-0.25, -0.2) is 0 Å². The Morgan fingerprint density at radius 2 is 2.05 bits per heavy atom. The minimum Gasteiger partial charge on any atom is -0.480 e. The molecule has 0 radical (unpaired) electrons. The van der Waals surface area contributed by atoms with E-state index in [0.29, 0.717) is 6.42 Å². The van der Waals surface area contributed by atoms with Crippen LogP contribution in [0.3, 0.4) is 0 Å². The first-order chi connectivity index (χ1) is 9.27. The maximum Gasteiger partial charge on any atom is 0.416 e. The fourth-order valence-electron chi connectivity index (χ4n) is 1.67. The Labute approximate surface area is 117 Å². The fourth-order valence-corrected chi connectivity index (χ4v) is 3.02. The van der Waals surface area contributed by atoms with Crippen LogP contribution in [-0.2, 0) is 21.8 Å². The molecule has 0 bridgehead atoms. The second-order valence-electron chi connectivity index (χ2n) is 4.29. The van der Waals surface area contributed by atoms with Gasteiger partial charge in [-0.05, 0) is 24.6 Å². The van der Waals surface area contributed by atoms with Crippen LogP contribution in [0.5, 0.6) is 0 Å². The van der Waals surface area contributed by atoms with Gasteiger partial charge in [-0.1, -0.05) is 25.8 Å². The summed E-state index contributed by atoms with van der Waals surface area (Å²) < 4.78 is 49.9. The molecule has 0 aliphatic heterocycles. The summed E-state index contributed by atoms with van der Waals surface area (Å²) in [6.07, 6.45) is -3.08. The number of rotatable bonds is 6. The Morgan fingerprint density at radius 3 is 2.55 bits per heavy atom. The molecular formula is C13H15F3O3S. The number of hydrogen-bond acceptors (Lipinski definition) is 2.